The number of aromatic nitrogens is 2. The Morgan fingerprint density at radius 1 is 0.976 bits per heavy atom. The first kappa shape index (κ1) is 26.6. The van der Waals surface area contributed by atoms with Crippen molar-refractivity contribution in [3.05, 3.63) is 54.6 Å². The molecule has 1 aromatic heterocycles. The van der Waals surface area contributed by atoms with Gasteiger partial charge in [-0.25, -0.2) is 9.37 Å². The zero-order chi connectivity index (χ0) is 28.4. The van der Waals surface area contributed by atoms with Crippen molar-refractivity contribution < 1.29 is 23.5 Å². The predicted octanol–water partition coefficient (Wildman–Crippen LogP) is 4.18. The number of rotatable bonds is 3. The molecular weight excluding hydrogens is 535 g/mol. The third-order valence-corrected chi connectivity index (χ3v) is 11.0. The SMILES string of the molecule is O=C1C(C(=O)N2CCOCC2)=CN2C3C(CCC4CCCCC43)OC3C2C1CC(F)C3n1cnc(-c2ccccc2)c1. The molecule has 0 spiro atoms. The maximum absolute atomic E-state index is 16.4. The van der Waals surface area contributed by atoms with Gasteiger partial charge >= 0.3 is 0 Å². The van der Waals surface area contributed by atoms with Crippen LogP contribution in [0.4, 0.5) is 4.39 Å². The Labute approximate surface area is 245 Å². The lowest BCUT2D eigenvalue weighted by molar-refractivity contribution is -0.220. The van der Waals surface area contributed by atoms with Gasteiger partial charge in [0.15, 0.2) is 5.78 Å². The smallest absolute Gasteiger partial charge is 0.259 e. The van der Waals surface area contributed by atoms with E-state index < -0.39 is 24.2 Å². The Kier molecular flexibility index (Phi) is 6.70. The van der Waals surface area contributed by atoms with E-state index in [1.165, 1.54) is 19.3 Å². The maximum Gasteiger partial charge on any atom is 0.259 e. The van der Waals surface area contributed by atoms with Crippen LogP contribution in [-0.2, 0) is 19.1 Å². The zero-order valence-corrected chi connectivity index (χ0v) is 23.9. The number of Topliss-reactive ketones (excluding diaryl/α,β-unsaturated/α-hetero) is 1. The molecule has 2 saturated heterocycles. The van der Waals surface area contributed by atoms with Crippen LogP contribution in [0.15, 0.2) is 54.6 Å². The third-order valence-electron chi connectivity index (χ3n) is 11.0. The molecule has 4 heterocycles. The summed E-state index contributed by atoms with van der Waals surface area (Å²) >= 11 is 0. The van der Waals surface area contributed by atoms with Gasteiger partial charge in [0.2, 0.25) is 0 Å². The fraction of sp³-hybridized carbons (Fsp3) is 0.606. The first-order valence-corrected chi connectivity index (χ1v) is 15.9. The van der Waals surface area contributed by atoms with Crippen LogP contribution in [0.2, 0.25) is 0 Å². The molecule has 3 aliphatic heterocycles. The second-order valence-corrected chi connectivity index (χ2v) is 13.1. The van der Waals surface area contributed by atoms with Crippen LogP contribution < -0.4 is 0 Å². The molecule has 8 rings (SSSR count). The lowest BCUT2D eigenvalue weighted by Crippen LogP contribution is -2.71. The van der Waals surface area contributed by atoms with E-state index in [1.807, 2.05) is 47.3 Å². The number of carbonyl (C=O) groups is 2. The van der Waals surface area contributed by atoms with E-state index in [-0.39, 0.29) is 41.9 Å². The van der Waals surface area contributed by atoms with E-state index in [2.05, 4.69) is 9.88 Å². The summed E-state index contributed by atoms with van der Waals surface area (Å²) in [6, 6.07) is 9.11. The molecule has 1 amide bonds. The van der Waals surface area contributed by atoms with Crippen LogP contribution in [0.3, 0.4) is 0 Å². The number of nitrogens with zero attached hydrogens (tertiary/aromatic N) is 4. The number of ketones is 1. The zero-order valence-electron chi connectivity index (χ0n) is 23.9. The number of hydrogen-bond donors (Lipinski definition) is 0. The van der Waals surface area contributed by atoms with Gasteiger partial charge in [-0.15, -0.1) is 0 Å². The van der Waals surface area contributed by atoms with Crippen LogP contribution in [-0.4, -0.2) is 87.8 Å². The van der Waals surface area contributed by atoms with E-state index in [4.69, 9.17) is 9.47 Å². The average Bonchev–Trinajstić information content (AvgIpc) is 3.52. The standard InChI is InChI=1S/C33H39FN4O4/c34-25-16-23-29-32(30(25)37-18-26(35-19-37)21-7-2-1-3-8-21)42-27-11-10-20-6-4-5-9-22(20)28(27)38(29)17-24(31(23)39)33(40)36-12-14-41-15-13-36/h1-3,7-8,17-20,22-23,25,27-30,32H,4-6,9-16H2. The van der Waals surface area contributed by atoms with Crippen molar-refractivity contribution in [3.63, 3.8) is 0 Å². The summed E-state index contributed by atoms with van der Waals surface area (Å²) in [5.74, 6) is 0.0129. The second kappa shape index (κ2) is 10.6. The molecule has 0 N–H and O–H groups in total. The van der Waals surface area contributed by atoms with Gasteiger partial charge in [0.1, 0.15) is 12.3 Å². The number of amides is 1. The molecule has 9 unspecified atom stereocenters. The van der Waals surface area contributed by atoms with Crippen molar-refractivity contribution >= 4 is 11.7 Å². The maximum atomic E-state index is 16.4. The highest BCUT2D eigenvalue weighted by Gasteiger charge is 2.61. The molecule has 1 aromatic carbocycles. The van der Waals surface area contributed by atoms with Crippen LogP contribution in [0.5, 0.6) is 0 Å². The summed E-state index contributed by atoms with van der Waals surface area (Å²) in [6.07, 6.45) is 10.6. The number of carbonyl (C=O) groups excluding carboxylic acids is 2. The number of fused-ring (bicyclic) bond motifs is 4. The Morgan fingerprint density at radius 2 is 1.79 bits per heavy atom. The molecule has 2 aromatic rings. The summed E-state index contributed by atoms with van der Waals surface area (Å²) < 4.78 is 30.7. The minimum Gasteiger partial charge on any atom is -0.378 e. The minimum atomic E-state index is -1.31. The normalized spacial score (nSPS) is 37.8. The Bertz CT molecular complexity index is 1370. The summed E-state index contributed by atoms with van der Waals surface area (Å²) in [5.41, 5.74) is 1.98. The first-order chi connectivity index (χ1) is 20.6. The fourth-order valence-electron chi connectivity index (χ4n) is 9.09. The predicted molar refractivity (Wildman–Crippen MR) is 153 cm³/mol. The highest BCUT2D eigenvalue weighted by Crippen LogP contribution is 2.53. The summed E-state index contributed by atoms with van der Waals surface area (Å²) in [4.78, 5) is 36.5. The van der Waals surface area contributed by atoms with Crippen LogP contribution in [0.1, 0.15) is 51.0 Å². The van der Waals surface area contributed by atoms with Crippen molar-refractivity contribution in [2.45, 2.75) is 81.5 Å². The molecule has 9 heteroatoms. The van der Waals surface area contributed by atoms with Gasteiger partial charge in [-0.05, 0) is 37.5 Å². The fourth-order valence-corrected chi connectivity index (χ4v) is 9.09. The number of benzene rings is 1. The molecule has 0 bridgehead atoms. The Morgan fingerprint density at radius 3 is 2.62 bits per heavy atom. The van der Waals surface area contributed by atoms with Crippen molar-refractivity contribution in [3.8, 4) is 11.3 Å². The third kappa shape index (κ3) is 4.26. The first-order valence-electron chi connectivity index (χ1n) is 15.9. The minimum absolute atomic E-state index is 0.0552. The quantitative estimate of drug-likeness (QED) is 0.512. The number of imidazole rings is 1. The van der Waals surface area contributed by atoms with E-state index in [0.29, 0.717) is 38.1 Å². The van der Waals surface area contributed by atoms with E-state index in [9.17, 15) is 9.59 Å². The van der Waals surface area contributed by atoms with Gasteiger partial charge in [-0.2, -0.15) is 0 Å². The molecule has 0 radical (unpaired) electrons. The topological polar surface area (TPSA) is 76.9 Å². The van der Waals surface area contributed by atoms with Gasteiger partial charge in [0.05, 0.1) is 55.0 Å². The van der Waals surface area contributed by atoms with Crippen LogP contribution in [0, 0.1) is 17.8 Å². The van der Waals surface area contributed by atoms with Crippen LogP contribution >= 0.6 is 0 Å². The molecule has 222 valence electrons. The average molecular weight is 575 g/mol. The molecule has 5 fully saturated rings. The number of hydrogen-bond acceptors (Lipinski definition) is 6. The van der Waals surface area contributed by atoms with Crippen molar-refractivity contribution in [1.82, 2.24) is 19.4 Å². The molecular formula is C33H39FN4O4. The number of halogens is 1. The molecule has 42 heavy (non-hydrogen) atoms. The number of ether oxygens (including phenoxy) is 2. The lowest BCUT2D eigenvalue weighted by atomic mass is 9.63. The summed E-state index contributed by atoms with van der Waals surface area (Å²) in [6.45, 7) is 1.88. The largest absolute Gasteiger partial charge is 0.378 e. The second-order valence-electron chi connectivity index (χ2n) is 13.1. The highest BCUT2D eigenvalue weighted by atomic mass is 19.1. The van der Waals surface area contributed by atoms with Crippen LogP contribution in [0.25, 0.3) is 11.3 Å². The van der Waals surface area contributed by atoms with Gasteiger partial charge in [0, 0.05) is 37.0 Å². The Balaban J connectivity index is 1.19. The molecule has 3 saturated carbocycles. The van der Waals surface area contributed by atoms with Crippen molar-refractivity contribution in [2.75, 3.05) is 26.3 Å². The van der Waals surface area contributed by atoms with E-state index in [0.717, 1.165) is 30.5 Å². The monoisotopic (exact) mass is 574 g/mol. The lowest BCUT2D eigenvalue weighted by Gasteiger charge is -2.62. The number of alkyl halides is 1. The molecule has 9 atom stereocenters. The van der Waals surface area contributed by atoms with Gasteiger partial charge < -0.3 is 23.8 Å². The van der Waals surface area contributed by atoms with Gasteiger partial charge in [-0.1, -0.05) is 49.6 Å². The van der Waals surface area contributed by atoms with Gasteiger partial charge in [-0.3, -0.25) is 9.59 Å². The highest BCUT2D eigenvalue weighted by molar-refractivity contribution is 6.20. The molecule has 8 nitrogen and oxygen atoms in total. The number of morpholine rings is 2. The summed E-state index contributed by atoms with van der Waals surface area (Å²) in [5, 5.41) is 0. The summed E-state index contributed by atoms with van der Waals surface area (Å²) in [7, 11) is 0. The Hall–Kier alpha value is -3.04. The van der Waals surface area contributed by atoms with Crippen molar-refractivity contribution in [2.24, 2.45) is 17.8 Å². The van der Waals surface area contributed by atoms with E-state index >= 15 is 4.39 Å². The molecule has 6 aliphatic rings. The van der Waals surface area contributed by atoms with Gasteiger partial charge in [0.25, 0.3) is 5.91 Å². The van der Waals surface area contributed by atoms with Crippen molar-refractivity contribution in [1.29, 1.82) is 0 Å². The van der Waals surface area contributed by atoms with E-state index in [1.54, 1.807) is 11.2 Å². The molecule has 3 aliphatic carbocycles.